The molecule has 2 rings (SSSR count). The fraction of sp³-hybridized carbons (Fsp3) is 1.00. The van der Waals surface area contributed by atoms with E-state index in [1.807, 2.05) is 0 Å². The minimum Gasteiger partial charge on any atom is -0.381 e. The van der Waals surface area contributed by atoms with E-state index < -0.39 is 0 Å². The highest BCUT2D eigenvalue weighted by atomic mass is 16.7. The summed E-state index contributed by atoms with van der Waals surface area (Å²) in [5, 5.41) is 0. The van der Waals surface area contributed by atoms with Crippen LogP contribution < -0.4 is 0 Å². The number of methoxy groups -OCH3 is 1. The zero-order valence-electron chi connectivity index (χ0n) is 11.2. The van der Waals surface area contributed by atoms with E-state index in [-0.39, 0.29) is 6.29 Å². The molecule has 1 aliphatic heterocycles. The van der Waals surface area contributed by atoms with E-state index >= 15 is 0 Å². The number of unbranched alkanes of at least 4 members (excludes halogenated alkanes) is 3. The van der Waals surface area contributed by atoms with Crippen molar-refractivity contribution < 1.29 is 14.2 Å². The molecule has 0 N–H and O–H groups in total. The fourth-order valence-electron chi connectivity index (χ4n) is 2.92. The molecule has 1 heterocycles. The minimum atomic E-state index is 0.0495. The zero-order valence-corrected chi connectivity index (χ0v) is 11.2. The van der Waals surface area contributed by atoms with E-state index in [2.05, 4.69) is 6.92 Å². The SMILES string of the molecule is CCCCCCC1OC2CC(OC)CC(C2)O1. The van der Waals surface area contributed by atoms with Gasteiger partial charge in [-0.15, -0.1) is 0 Å². The molecule has 0 spiro atoms. The molecule has 0 radical (unpaired) electrons. The highest BCUT2D eigenvalue weighted by Crippen LogP contribution is 2.33. The Morgan fingerprint density at radius 3 is 2.29 bits per heavy atom. The highest BCUT2D eigenvalue weighted by molar-refractivity contribution is 4.84. The van der Waals surface area contributed by atoms with Crippen molar-refractivity contribution in [2.24, 2.45) is 0 Å². The van der Waals surface area contributed by atoms with Gasteiger partial charge < -0.3 is 14.2 Å². The first-order valence-electron chi connectivity index (χ1n) is 7.15. The van der Waals surface area contributed by atoms with Crippen LogP contribution in [0.2, 0.25) is 0 Å². The molecule has 2 fully saturated rings. The van der Waals surface area contributed by atoms with Crippen LogP contribution in [-0.4, -0.2) is 31.7 Å². The Kier molecular flexibility index (Phi) is 5.26. The van der Waals surface area contributed by atoms with Gasteiger partial charge in [-0.1, -0.05) is 26.2 Å². The Morgan fingerprint density at radius 1 is 1.00 bits per heavy atom. The van der Waals surface area contributed by atoms with E-state index in [1.165, 1.54) is 25.7 Å². The lowest BCUT2D eigenvalue weighted by Gasteiger charge is -2.42. The normalized spacial score (nSPS) is 37.1. The second-order valence-electron chi connectivity index (χ2n) is 5.36. The molecule has 1 saturated carbocycles. The van der Waals surface area contributed by atoms with Gasteiger partial charge in [0.25, 0.3) is 0 Å². The van der Waals surface area contributed by atoms with Crippen LogP contribution in [0.15, 0.2) is 0 Å². The van der Waals surface area contributed by atoms with Crippen molar-refractivity contribution in [2.75, 3.05) is 7.11 Å². The average molecular weight is 242 g/mol. The molecule has 1 aliphatic carbocycles. The molecule has 1 saturated heterocycles. The molecule has 2 aliphatic rings. The van der Waals surface area contributed by atoms with Crippen LogP contribution in [0.3, 0.4) is 0 Å². The third kappa shape index (κ3) is 3.94. The minimum absolute atomic E-state index is 0.0495. The summed E-state index contributed by atoms with van der Waals surface area (Å²) in [6.45, 7) is 2.24. The van der Waals surface area contributed by atoms with E-state index in [9.17, 15) is 0 Å². The van der Waals surface area contributed by atoms with Gasteiger partial charge in [-0.05, 0) is 12.8 Å². The zero-order chi connectivity index (χ0) is 12.1. The van der Waals surface area contributed by atoms with Crippen molar-refractivity contribution in [2.45, 2.75) is 82.9 Å². The maximum absolute atomic E-state index is 5.97. The Bertz CT molecular complexity index is 206. The standard InChI is InChI=1S/C14H26O3/c1-3-4-5-6-7-14-16-12-8-11(15-2)9-13(10-12)17-14/h11-14H,3-10H2,1-2H3. The van der Waals surface area contributed by atoms with Crippen molar-refractivity contribution in [1.29, 1.82) is 0 Å². The molecule has 0 aromatic heterocycles. The molecule has 17 heavy (non-hydrogen) atoms. The van der Waals surface area contributed by atoms with Crippen molar-refractivity contribution in [3.63, 3.8) is 0 Å². The smallest absolute Gasteiger partial charge is 0.158 e. The number of rotatable bonds is 6. The first-order chi connectivity index (χ1) is 8.31. The second-order valence-corrected chi connectivity index (χ2v) is 5.36. The lowest BCUT2D eigenvalue weighted by Crippen LogP contribution is -2.45. The molecule has 3 heteroatoms. The van der Waals surface area contributed by atoms with Crippen LogP contribution in [-0.2, 0) is 14.2 Å². The molecular formula is C14H26O3. The Balaban J connectivity index is 1.70. The predicted octanol–water partition coefficient (Wildman–Crippen LogP) is 3.27. The molecule has 0 aromatic carbocycles. The molecular weight excluding hydrogens is 216 g/mol. The van der Waals surface area contributed by atoms with Crippen molar-refractivity contribution >= 4 is 0 Å². The maximum Gasteiger partial charge on any atom is 0.158 e. The van der Waals surface area contributed by atoms with Crippen LogP contribution in [0.5, 0.6) is 0 Å². The summed E-state index contributed by atoms with van der Waals surface area (Å²) in [4.78, 5) is 0. The topological polar surface area (TPSA) is 27.7 Å². The number of ether oxygens (including phenoxy) is 3. The van der Waals surface area contributed by atoms with Gasteiger partial charge >= 0.3 is 0 Å². The Morgan fingerprint density at radius 2 is 1.71 bits per heavy atom. The third-order valence-electron chi connectivity index (χ3n) is 3.89. The third-order valence-corrected chi connectivity index (χ3v) is 3.89. The maximum atomic E-state index is 5.97. The molecule has 0 amide bonds. The highest BCUT2D eigenvalue weighted by Gasteiger charge is 2.37. The summed E-state index contributed by atoms with van der Waals surface area (Å²) in [5.74, 6) is 0. The van der Waals surface area contributed by atoms with E-state index in [4.69, 9.17) is 14.2 Å². The second kappa shape index (κ2) is 6.72. The van der Waals surface area contributed by atoms with Crippen LogP contribution in [0.4, 0.5) is 0 Å². The van der Waals surface area contributed by atoms with Gasteiger partial charge in [-0.25, -0.2) is 0 Å². The van der Waals surface area contributed by atoms with Crippen molar-refractivity contribution in [3.8, 4) is 0 Å². The summed E-state index contributed by atoms with van der Waals surface area (Å²) in [6, 6.07) is 0. The Hall–Kier alpha value is -0.120. The monoisotopic (exact) mass is 242 g/mol. The summed E-state index contributed by atoms with van der Waals surface area (Å²) in [7, 11) is 1.79. The molecule has 3 nitrogen and oxygen atoms in total. The van der Waals surface area contributed by atoms with E-state index in [0.29, 0.717) is 18.3 Å². The summed E-state index contributed by atoms with van der Waals surface area (Å²) < 4.78 is 17.4. The van der Waals surface area contributed by atoms with E-state index in [0.717, 1.165) is 25.7 Å². The van der Waals surface area contributed by atoms with Gasteiger partial charge in [0.2, 0.25) is 0 Å². The summed E-state index contributed by atoms with van der Waals surface area (Å²) in [5.41, 5.74) is 0. The molecule has 100 valence electrons. The number of fused-ring (bicyclic) bond motifs is 2. The first kappa shape index (κ1) is 13.3. The lowest BCUT2D eigenvalue weighted by molar-refractivity contribution is -0.270. The molecule has 2 unspecified atom stereocenters. The lowest BCUT2D eigenvalue weighted by atomic mass is 9.91. The van der Waals surface area contributed by atoms with Crippen molar-refractivity contribution in [3.05, 3.63) is 0 Å². The van der Waals surface area contributed by atoms with Crippen LogP contribution in [0.1, 0.15) is 58.3 Å². The van der Waals surface area contributed by atoms with Gasteiger partial charge in [0.05, 0.1) is 18.3 Å². The van der Waals surface area contributed by atoms with Gasteiger partial charge in [-0.2, -0.15) is 0 Å². The van der Waals surface area contributed by atoms with Gasteiger partial charge in [0, 0.05) is 26.4 Å². The largest absolute Gasteiger partial charge is 0.381 e. The average Bonchev–Trinajstić information content (AvgIpc) is 2.33. The van der Waals surface area contributed by atoms with Gasteiger partial charge in [0.1, 0.15) is 0 Å². The quantitative estimate of drug-likeness (QED) is 0.669. The molecule has 2 atom stereocenters. The van der Waals surface area contributed by atoms with Gasteiger partial charge in [-0.3, -0.25) is 0 Å². The molecule has 2 bridgehead atoms. The fourth-order valence-corrected chi connectivity index (χ4v) is 2.92. The molecule has 0 aromatic rings. The van der Waals surface area contributed by atoms with Crippen molar-refractivity contribution in [1.82, 2.24) is 0 Å². The predicted molar refractivity (Wildman–Crippen MR) is 66.9 cm³/mol. The number of hydrogen-bond donors (Lipinski definition) is 0. The summed E-state index contributed by atoms with van der Waals surface area (Å²) >= 11 is 0. The van der Waals surface area contributed by atoms with E-state index in [1.54, 1.807) is 7.11 Å². The van der Waals surface area contributed by atoms with Crippen LogP contribution in [0, 0.1) is 0 Å². The Labute approximate surface area is 105 Å². The van der Waals surface area contributed by atoms with Gasteiger partial charge in [0.15, 0.2) is 6.29 Å². The number of hydrogen-bond acceptors (Lipinski definition) is 3. The van der Waals surface area contributed by atoms with Crippen LogP contribution in [0.25, 0.3) is 0 Å². The summed E-state index contributed by atoms with van der Waals surface area (Å²) in [6.07, 6.45) is 10.5. The first-order valence-corrected chi connectivity index (χ1v) is 7.15. The van der Waals surface area contributed by atoms with Crippen LogP contribution >= 0.6 is 0 Å².